The number of nitrogens with zero attached hydrogens (tertiary/aromatic N) is 2. The molecule has 144 valence electrons. The van der Waals surface area contributed by atoms with Crippen LogP contribution in [0, 0.1) is 13.8 Å². The number of rotatable bonds is 4. The van der Waals surface area contributed by atoms with Gasteiger partial charge in [-0.25, -0.2) is 0 Å². The zero-order valence-corrected chi connectivity index (χ0v) is 16.7. The summed E-state index contributed by atoms with van der Waals surface area (Å²) in [6.45, 7) is 3.92. The Morgan fingerprint density at radius 3 is 2.03 bits per heavy atom. The van der Waals surface area contributed by atoms with Crippen molar-refractivity contribution in [1.82, 2.24) is 10.2 Å². The molecule has 0 saturated carbocycles. The van der Waals surface area contributed by atoms with Gasteiger partial charge in [0.15, 0.2) is 0 Å². The molecule has 5 nitrogen and oxygen atoms in total. The lowest BCUT2D eigenvalue weighted by molar-refractivity contribution is 0.102. The predicted octanol–water partition coefficient (Wildman–Crippen LogP) is 5.93. The van der Waals surface area contributed by atoms with E-state index in [4.69, 9.17) is 16.0 Å². The lowest BCUT2D eigenvalue weighted by Gasteiger charge is -2.09. The highest BCUT2D eigenvalue weighted by Gasteiger charge is 2.12. The highest BCUT2D eigenvalue weighted by atomic mass is 35.5. The second-order valence-corrected chi connectivity index (χ2v) is 7.21. The Bertz CT molecular complexity index is 1170. The van der Waals surface area contributed by atoms with Crippen LogP contribution in [-0.2, 0) is 0 Å². The molecule has 1 N–H and O–H groups in total. The van der Waals surface area contributed by atoms with E-state index in [1.807, 2.05) is 44.2 Å². The van der Waals surface area contributed by atoms with Crippen LogP contribution in [0.5, 0.6) is 0 Å². The van der Waals surface area contributed by atoms with Gasteiger partial charge in [-0.3, -0.25) is 4.79 Å². The quantitative estimate of drug-likeness (QED) is 0.458. The number of benzene rings is 3. The predicted molar refractivity (Wildman–Crippen MR) is 114 cm³/mol. The molecule has 0 radical (unpaired) electrons. The van der Waals surface area contributed by atoms with Crippen molar-refractivity contribution in [1.29, 1.82) is 0 Å². The molecule has 0 spiro atoms. The minimum absolute atomic E-state index is 0.201. The molecule has 6 heteroatoms. The number of aromatic nitrogens is 2. The summed E-state index contributed by atoms with van der Waals surface area (Å²) in [6, 6.07) is 20.2. The zero-order chi connectivity index (χ0) is 20.4. The standard InChI is InChI=1S/C23H18ClN3O2/c1-14-3-5-17(6-4-14)22-26-27-23(29-22)18-9-7-16(8-10-18)21(28)25-20-12-11-19(24)13-15(20)2/h3-13H,1-2H3,(H,25,28). The number of amides is 1. The minimum atomic E-state index is -0.201. The summed E-state index contributed by atoms with van der Waals surface area (Å²) < 4.78 is 5.78. The summed E-state index contributed by atoms with van der Waals surface area (Å²) in [5.74, 6) is 0.661. The monoisotopic (exact) mass is 403 g/mol. The third-order valence-corrected chi connectivity index (χ3v) is 4.79. The van der Waals surface area contributed by atoms with Gasteiger partial charge in [0.05, 0.1) is 0 Å². The van der Waals surface area contributed by atoms with Crippen LogP contribution in [0.15, 0.2) is 71.1 Å². The van der Waals surface area contributed by atoms with Crippen molar-refractivity contribution in [2.75, 3.05) is 5.32 Å². The van der Waals surface area contributed by atoms with Crippen LogP contribution in [-0.4, -0.2) is 16.1 Å². The van der Waals surface area contributed by atoms with E-state index in [0.29, 0.717) is 22.4 Å². The maximum Gasteiger partial charge on any atom is 0.255 e. The summed E-state index contributed by atoms with van der Waals surface area (Å²) in [5, 5.41) is 11.8. The third-order valence-electron chi connectivity index (χ3n) is 4.55. The van der Waals surface area contributed by atoms with E-state index in [-0.39, 0.29) is 5.91 Å². The largest absolute Gasteiger partial charge is 0.416 e. The summed E-state index contributed by atoms with van der Waals surface area (Å²) >= 11 is 5.96. The SMILES string of the molecule is Cc1ccc(-c2nnc(-c3ccc(C(=O)Nc4ccc(Cl)cc4C)cc3)o2)cc1. The maximum absolute atomic E-state index is 12.5. The molecule has 0 aliphatic rings. The van der Waals surface area contributed by atoms with E-state index < -0.39 is 0 Å². The molecule has 1 amide bonds. The molecule has 4 aromatic rings. The van der Waals surface area contributed by atoms with Crippen LogP contribution >= 0.6 is 11.6 Å². The molecule has 0 aliphatic heterocycles. The van der Waals surface area contributed by atoms with Crippen LogP contribution < -0.4 is 5.32 Å². The minimum Gasteiger partial charge on any atom is -0.416 e. The van der Waals surface area contributed by atoms with Crippen molar-refractivity contribution >= 4 is 23.2 Å². The lowest BCUT2D eigenvalue weighted by Crippen LogP contribution is -2.12. The fraction of sp³-hybridized carbons (Fsp3) is 0.0870. The first kappa shape index (κ1) is 18.9. The first-order chi connectivity index (χ1) is 14.0. The van der Waals surface area contributed by atoms with Crippen LogP contribution in [0.2, 0.25) is 5.02 Å². The first-order valence-corrected chi connectivity index (χ1v) is 9.46. The van der Waals surface area contributed by atoms with Gasteiger partial charge in [-0.2, -0.15) is 0 Å². The van der Waals surface area contributed by atoms with Crippen molar-refractivity contribution < 1.29 is 9.21 Å². The Hall–Kier alpha value is -3.44. The van der Waals surface area contributed by atoms with E-state index in [1.165, 1.54) is 0 Å². The normalized spacial score (nSPS) is 10.7. The Labute approximate surface area is 173 Å². The van der Waals surface area contributed by atoms with Gasteiger partial charge in [0.25, 0.3) is 5.91 Å². The van der Waals surface area contributed by atoms with Crippen molar-refractivity contribution in [3.63, 3.8) is 0 Å². The Morgan fingerprint density at radius 2 is 1.45 bits per heavy atom. The van der Waals surface area contributed by atoms with Gasteiger partial charge in [0, 0.05) is 27.4 Å². The Morgan fingerprint density at radius 1 is 0.862 bits per heavy atom. The molecule has 0 unspecified atom stereocenters. The number of halogens is 1. The summed E-state index contributed by atoms with van der Waals surface area (Å²) in [5.41, 5.74) is 4.93. The molecule has 1 heterocycles. The molecule has 0 saturated heterocycles. The van der Waals surface area contributed by atoms with E-state index in [1.54, 1.807) is 36.4 Å². The smallest absolute Gasteiger partial charge is 0.255 e. The number of hydrogen-bond acceptors (Lipinski definition) is 4. The van der Waals surface area contributed by atoms with Crippen molar-refractivity contribution in [2.45, 2.75) is 13.8 Å². The Kier molecular flexibility index (Phi) is 5.14. The average molecular weight is 404 g/mol. The second-order valence-electron chi connectivity index (χ2n) is 6.77. The summed E-state index contributed by atoms with van der Waals surface area (Å²) in [7, 11) is 0. The zero-order valence-electron chi connectivity index (χ0n) is 15.9. The average Bonchev–Trinajstić information content (AvgIpc) is 3.21. The van der Waals surface area contributed by atoms with E-state index >= 15 is 0 Å². The fourth-order valence-corrected chi connectivity index (χ4v) is 3.11. The molecule has 1 aromatic heterocycles. The molecule has 0 fully saturated rings. The topological polar surface area (TPSA) is 68.0 Å². The second kappa shape index (κ2) is 7.89. The van der Waals surface area contributed by atoms with Crippen molar-refractivity contribution in [3.05, 3.63) is 88.4 Å². The number of anilines is 1. The van der Waals surface area contributed by atoms with Gasteiger partial charge in [-0.05, 0) is 74.0 Å². The van der Waals surface area contributed by atoms with Gasteiger partial charge in [-0.1, -0.05) is 29.3 Å². The Balaban J connectivity index is 1.50. The molecule has 0 atom stereocenters. The van der Waals surface area contributed by atoms with Gasteiger partial charge in [-0.15, -0.1) is 10.2 Å². The third kappa shape index (κ3) is 4.20. The van der Waals surface area contributed by atoms with E-state index in [2.05, 4.69) is 15.5 Å². The highest BCUT2D eigenvalue weighted by Crippen LogP contribution is 2.25. The van der Waals surface area contributed by atoms with E-state index in [0.717, 1.165) is 27.9 Å². The lowest BCUT2D eigenvalue weighted by atomic mass is 10.1. The fourth-order valence-electron chi connectivity index (χ4n) is 2.88. The number of carbonyl (C=O) groups is 1. The van der Waals surface area contributed by atoms with Crippen LogP contribution in [0.1, 0.15) is 21.5 Å². The number of hydrogen-bond donors (Lipinski definition) is 1. The van der Waals surface area contributed by atoms with E-state index in [9.17, 15) is 4.79 Å². The molecule has 3 aromatic carbocycles. The number of nitrogens with one attached hydrogen (secondary N) is 1. The number of aryl methyl sites for hydroxylation is 2. The van der Waals surface area contributed by atoms with Crippen molar-refractivity contribution in [2.24, 2.45) is 0 Å². The van der Waals surface area contributed by atoms with Crippen LogP contribution in [0.4, 0.5) is 5.69 Å². The van der Waals surface area contributed by atoms with Gasteiger partial charge in [0.2, 0.25) is 11.8 Å². The van der Waals surface area contributed by atoms with Gasteiger partial charge in [0.1, 0.15) is 0 Å². The molecule has 29 heavy (non-hydrogen) atoms. The maximum atomic E-state index is 12.5. The molecular formula is C23H18ClN3O2. The van der Waals surface area contributed by atoms with Crippen LogP contribution in [0.25, 0.3) is 22.9 Å². The molecule has 4 rings (SSSR count). The van der Waals surface area contributed by atoms with Crippen molar-refractivity contribution in [3.8, 4) is 22.9 Å². The van der Waals surface area contributed by atoms with Gasteiger partial charge >= 0.3 is 0 Å². The first-order valence-electron chi connectivity index (χ1n) is 9.08. The molecular weight excluding hydrogens is 386 g/mol. The summed E-state index contributed by atoms with van der Waals surface area (Å²) in [6.07, 6.45) is 0. The number of carbonyl (C=O) groups excluding carboxylic acids is 1. The van der Waals surface area contributed by atoms with Crippen LogP contribution in [0.3, 0.4) is 0 Å². The highest BCUT2D eigenvalue weighted by molar-refractivity contribution is 6.30. The molecule has 0 aliphatic carbocycles. The molecule has 0 bridgehead atoms. The van der Waals surface area contributed by atoms with Gasteiger partial charge < -0.3 is 9.73 Å². The summed E-state index contributed by atoms with van der Waals surface area (Å²) in [4.78, 5) is 12.5.